The van der Waals surface area contributed by atoms with Crippen molar-refractivity contribution in [1.82, 2.24) is 10.3 Å². The van der Waals surface area contributed by atoms with Crippen LogP contribution in [0.2, 0.25) is 0 Å². The summed E-state index contributed by atoms with van der Waals surface area (Å²) in [5.41, 5.74) is -0.0560. The maximum Gasteiger partial charge on any atom is 0.329 e. The van der Waals surface area contributed by atoms with Crippen molar-refractivity contribution in [3.63, 3.8) is 0 Å². The zero-order chi connectivity index (χ0) is 17.0. The van der Waals surface area contributed by atoms with E-state index in [1.165, 1.54) is 0 Å². The number of fused-ring (bicyclic) bond motifs is 1. The fourth-order valence-corrected chi connectivity index (χ4v) is 4.31. The minimum absolute atomic E-state index is 0.166. The van der Waals surface area contributed by atoms with E-state index in [0.29, 0.717) is 25.7 Å². The molecule has 1 aliphatic carbocycles. The number of carboxylic acid groups (broad SMARTS) is 1. The van der Waals surface area contributed by atoms with Crippen LogP contribution in [0.3, 0.4) is 0 Å². The summed E-state index contributed by atoms with van der Waals surface area (Å²) in [4.78, 5) is 28.3. The Bertz CT molecular complexity index is 702. The van der Waals surface area contributed by atoms with E-state index in [0.717, 1.165) is 40.9 Å². The van der Waals surface area contributed by atoms with Gasteiger partial charge in [0, 0.05) is 6.42 Å². The van der Waals surface area contributed by atoms with Crippen LogP contribution in [0, 0.1) is 0 Å². The Kier molecular flexibility index (Phi) is 5.14. The molecule has 1 heterocycles. The van der Waals surface area contributed by atoms with Crippen molar-refractivity contribution in [2.24, 2.45) is 0 Å². The Labute approximate surface area is 145 Å². The Balaban J connectivity index is 1.52. The molecule has 0 saturated heterocycles. The van der Waals surface area contributed by atoms with Gasteiger partial charge in [-0.1, -0.05) is 31.4 Å². The van der Waals surface area contributed by atoms with Gasteiger partial charge in [-0.3, -0.25) is 4.79 Å². The summed E-state index contributed by atoms with van der Waals surface area (Å²) in [6.45, 7) is 0. The molecule has 128 valence electrons. The number of aliphatic carboxylic acids is 1. The third-order valence-corrected chi connectivity index (χ3v) is 5.72. The molecule has 1 aromatic heterocycles. The number of amides is 1. The summed E-state index contributed by atoms with van der Waals surface area (Å²) in [5, 5.41) is 13.3. The van der Waals surface area contributed by atoms with Gasteiger partial charge in [0.05, 0.1) is 15.2 Å². The lowest BCUT2D eigenvalue weighted by atomic mass is 9.81. The monoisotopic (exact) mass is 346 g/mol. The van der Waals surface area contributed by atoms with Crippen LogP contribution in [0.4, 0.5) is 0 Å². The first-order valence-corrected chi connectivity index (χ1v) is 9.30. The zero-order valence-corrected chi connectivity index (χ0v) is 14.4. The number of thiazole rings is 1. The number of benzene rings is 1. The zero-order valence-electron chi connectivity index (χ0n) is 13.6. The van der Waals surface area contributed by atoms with E-state index in [4.69, 9.17) is 0 Å². The van der Waals surface area contributed by atoms with Gasteiger partial charge in [-0.15, -0.1) is 11.3 Å². The minimum Gasteiger partial charge on any atom is -0.480 e. The molecule has 0 spiro atoms. The largest absolute Gasteiger partial charge is 0.480 e. The molecule has 3 rings (SSSR count). The lowest BCUT2D eigenvalue weighted by Gasteiger charge is -2.34. The van der Waals surface area contributed by atoms with Gasteiger partial charge >= 0.3 is 5.97 Å². The van der Waals surface area contributed by atoms with Crippen molar-refractivity contribution in [2.45, 2.75) is 56.9 Å². The second-order valence-electron chi connectivity index (χ2n) is 6.42. The van der Waals surface area contributed by atoms with Crippen LogP contribution in [0.25, 0.3) is 10.2 Å². The average Bonchev–Trinajstić information content (AvgIpc) is 2.98. The van der Waals surface area contributed by atoms with Crippen molar-refractivity contribution < 1.29 is 14.7 Å². The molecule has 0 atom stereocenters. The second kappa shape index (κ2) is 7.30. The van der Waals surface area contributed by atoms with Crippen molar-refractivity contribution in [3.05, 3.63) is 29.3 Å². The molecule has 1 aromatic carbocycles. The Morgan fingerprint density at radius 3 is 2.67 bits per heavy atom. The normalized spacial score (nSPS) is 16.8. The summed E-state index contributed by atoms with van der Waals surface area (Å²) in [7, 11) is 0. The topological polar surface area (TPSA) is 79.3 Å². The van der Waals surface area contributed by atoms with Crippen LogP contribution in [0.1, 0.15) is 50.0 Å². The number of hydrogen-bond donors (Lipinski definition) is 2. The molecule has 5 nitrogen and oxygen atoms in total. The van der Waals surface area contributed by atoms with Gasteiger partial charge in [-0.2, -0.15) is 0 Å². The maximum absolute atomic E-state index is 12.2. The lowest BCUT2D eigenvalue weighted by molar-refractivity contribution is -0.149. The van der Waals surface area contributed by atoms with Crippen LogP contribution in [-0.2, 0) is 16.0 Å². The van der Waals surface area contributed by atoms with Gasteiger partial charge < -0.3 is 10.4 Å². The predicted molar refractivity (Wildman–Crippen MR) is 94.2 cm³/mol. The summed E-state index contributed by atoms with van der Waals surface area (Å²) < 4.78 is 1.16. The number of carbonyl (C=O) groups excluding carboxylic acids is 1. The standard InChI is InChI=1S/C18H22N2O3S/c21-15(20-18(17(22)23)11-4-1-5-12-18)9-6-10-16-19-13-7-2-3-8-14(13)24-16/h2-3,7-8H,1,4-6,9-12H2,(H,20,21)(H,22,23). The van der Waals surface area contributed by atoms with Crippen LogP contribution in [-0.4, -0.2) is 27.5 Å². The average molecular weight is 346 g/mol. The molecule has 0 radical (unpaired) electrons. The van der Waals surface area contributed by atoms with E-state index in [-0.39, 0.29) is 5.91 Å². The predicted octanol–water partition coefficient (Wildman–Crippen LogP) is 3.52. The van der Waals surface area contributed by atoms with E-state index in [1.54, 1.807) is 11.3 Å². The smallest absolute Gasteiger partial charge is 0.329 e. The first-order chi connectivity index (χ1) is 11.6. The Morgan fingerprint density at radius 2 is 1.96 bits per heavy atom. The molecule has 2 N–H and O–H groups in total. The molecular weight excluding hydrogens is 324 g/mol. The third-order valence-electron chi connectivity index (χ3n) is 4.63. The molecule has 1 fully saturated rings. The third kappa shape index (κ3) is 3.75. The lowest BCUT2D eigenvalue weighted by Crippen LogP contribution is -2.55. The maximum atomic E-state index is 12.2. The van der Waals surface area contributed by atoms with E-state index >= 15 is 0 Å². The molecule has 0 aliphatic heterocycles. The van der Waals surface area contributed by atoms with Crippen LogP contribution in [0.5, 0.6) is 0 Å². The number of carbonyl (C=O) groups is 2. The molecule has 1 saturated carbocycles. The van der Waals surface area contributed by atoms with Gasteiger partial charge in [-0.05, 0) is 37.8 Å². The van der Waals surface area contributed by atoms with Crippen molar-refractivity contribution in [2.75, 3.05) is 0 Å². The van der Waals surface area contributed by atoms with E-state index in [1.807, 2.05) is 24.3 Å². The highest BCUT2D eigenvalue weighted by atomic mass is 32.1. The molecule has 24 heavy (non-hydrogen) atoms. The summed E-state index contributed by atoms with van der Waals surface area (Å²) in [6.07, 6.45) is 5.59. The summed E-state index contributed by atoms with van der Waals surface area (Å²) in [5.74, 6) is -1.07. The first-order valence-electron chi connectivity index (χ1n) is 8.48. The molecule has 6 heteroatoms. The highest BCUT2D eigenvalue weighted by Crippen LogP contribution is 2.29. The van der Waals surface area contributed by atoms with Crippen molar-refractivity contribution in [3.8, 4) is 0 Å². The number of nitrogens with zero attached hydrogens (tertiary/aromatic N) is 1. The summed E-state index contributed by atoms with van der Waals surface area (Å²) in [6, 6.07) is 7.99. The first kappa shape index (κ1) is 16.9. The van der Waals surface area contributed by atoms with E-state index in [2.05, 4.69) is 10.3 Å². The quantitative estimate of drug-likeness (QED) is 0.839. The molecular formula is C18H22N2O3S. The van der Waals surface area contributed by atoms with Crippen LogP contribution < -0.4 is 5.32 Å². The fraction of sp³-hybridized carbons (Fsp3) is 0.500. The minimum atomic E-state index is -1.05. The molecule has 1 amide bonds. The number of hydrogen-bond acceptors (Lipinski definition) is 4. The van der Waals surface area contributed by atoms with Gasteiger partial charge in [0.25, 0.3) is 0 Å². The summed E-state index contributed by atoms with van der Waals surface area (Å²) >= 11 is 1.65. The number of carboxylic acids is 1. The number of aryl methyl sites for hydroxylation is 1. The SMILES string of the molecule is O=C(CCCc1nc2ccccc2s1)NC1(C(=O)O)CCCCC1. The molecule has 0 unspecified atom stereocenters. The van der Waals surface area contributed by atoms with Gasteiger partial charge in [0.1, 0.15) is 5.54 Å². The van der Waals surface area contributed by atoms with Crippen LogP contribution >= 0.6 is 11.3 Å². The van der Waals surface area contributed by atoms with Crippen molar-refractivity contribution in [1.29, 1.82) is 0 Å². The highest BCUT2D eigenvalue weighted by molar-refractivity contribution is 7.18. The molecule has 1 aliphatic rings. The Morgan fingerprint density at radius 1 is 1.21 bits per heavy atom. The van der Waals surface area contributed by atoms with Crippen LogP contribution in [0.15, 0.2) is 24.3 Å². The number of aromatic nitrogens is 1. The number of nitrogens with one attached hydrogen (secondary N) is 1. The number of rotatable bonds is 6. The van der Waals surface area contributed by atoms with Gasteiger partial charge in [0.15, 0.2) is 0 Å². The second-order valence-corrected chi connectivity index (χ2v) is 7.54. The Hall–Kier alpha value is -1.95. The fourth-order valence-electron chi connectivity index (χ4n) is 3.30. The highest BCUT2D eigenvalue weighted by Gasteiger charge is 2.40. The van der Waals surface area contributed by atoms with Gasteiger partial charge in [0.2, 0.25) is 5.91 Å². The molecule has 0 bridgehead atoms. The molecule has 2 aromatic rings. The van der Waals surface area contributed by atoms with E-state index < -0.39 is 11.5 Å². The van der Waals surface area contributed by atoms with E-state index in [9.17, 15) is 14.7 Å². The van der Waals surface area contributed by atoms with Crippen molar-refractivity contribution >= 4 is 33.4 Å². The van der Waals surface area contributed by atoms with Gasteiger partial charge in [-0.25, -0.2) is 9.78 Å². The number of para-hydroxylation sites is 1.